The maximum absolute atomic E-state index is 10.3. The Hall–Kier alpha value is -0.923. The van der Waals surface area contributed by atoms with Crippen molar-refractivity contribution in [2.75, 3.05) is 26.4 Å². The third kappa shape index (κ3) is 15.1. The van der Waals surface area contributed by atoms with E-state index in [1.807, 2.05) is 6.55 Å². The Bertz CT molecular complexity index is 242. The first-order valence-electron chi connectivity index (χ1n) is 6.02. The molecule has 0 N–H and O–H groups in total. The van der Waals surface area contributed by atoms with Gasteiger partial charge in [-0.05, 0) is 6.55 Å². The Labute approximate surface area is 110 Å². The minimum Gasteiger partial charge on any atom is -0.525 e. The number of rotatable bonds is 7. The van der Waals surface area contributed by atoms with E-state index < -0.39 is 9.76 Å². The molecule has 1 unspecified atom stereocenters. The molecule has 0 aromatic rings. The Morgan fingerprint density at radius 3 is 2.33 bits per heavy atom. The van der Waals surface area contributed by atoms with E-state index >= 15 is 0 Å². The average molecular weight is 278 g/mol. The normalized spacial score (nSPS) is 16.9. The lowest BCUT2D eigenvalue weighted by atomic mass is 10.5. The SMILES string of the molecule is CC(=O)OCCCOCC1CO1.C[SiH2]OC(C)=O. The van der Waals surface area contributed by atoms with Gasteiger partial charge in [-0.1, -0.05) is 0 Å². The molecule has 1 rings (SSSR count). The molecule has 18 heavy (non-hydrogen) atoms. The summed E-state index contributed by atoms with van der Waals surface area (Å²) in [5, 5.41) is 0. The molecule has 6 nitrogen and oxygen atoms in total. The van der Waals surface area contributed by atoms with Crippen molar-refractivity contribution in [3.05, 3.63) is 0 Å². The monoisotopic (exact) mass is 278 g/mol. The van der Waals surface area contributed by atoms with Crippen LogP contribution >= 0.6 is 0 Å². The molecule has 1 heterocycles. The highest BCUT2D eigenvalue weighted by atomic mass is 28.2. The van der Waals surface area contributed by atoms with Crippen molar-refractivity contribution in [3.63, 3.8) is 0 Å². The molecule has 1 atom stereocenters. The van der Waals surface area contributed by atoms with Crippen molar-refractivity contribution in [1.82, 2.24) is 0 Å². The van der Waals surface area contributed by atoms with E-state index in [2.05, 4.69) is 4.43 Å². The van der Waals surface area contributed by atoms with Crippen LogP contribution in [0.25, 0.3) is 0 Å². The highest BCUT2D eigenvalue weighted by Gasteiger charge is 2.21. The standard InChI is InChI=1S/C8H14O4.C3H8O2Si/c1-7(9)11-4-2-3-10-5-8-6-12-8;1-3(4)5-6-2/h8H,2-6H2,1H3;6H2,1-2H3. The van der Waals surface area contributed by atoms with Crippen molar-refractivity contribution in [1.29, 1.82) is 0 Å². The van der Waals surface area contributed by atoms with Gasteiger partial charge in [-0.2, -0.15) is 0 Å². The fourth-order valence-corrected chi connectivity index (χ4v) is 1.37. The maximum atomic E-state index is 10.3. The Morgan fingerprint density at radius 2 is 1.94 bits per heavy atom. The molecule has 0 saturated carbocycles. The lowest BCUT2D eigenvalue weighted by Crippen LogP contribution is -2.07. The van der Waals surface area contributed by atoms with Gasteiger partial charge in [0.15, 0.2) is 0 Å². The third-order valence-electron chi connectivity index (χ3n) is 1.79. The molecular formula is C11H22O6Si. The number of carbonyl (C=O) groups excluding carboxylic acids is 2. The Morgan fingerprint density at radius 1 is 1.28 bits per heavy atom. The minimum atomic E-state index is -0.483. The van der Waals surface area contributed by atoms with Gasteiger partial charge in [0.25, 0.3) is 5.97 Å². The van der Waals surface area contributed by atoms with Crippen LogP contribution in [0.4, 0.5) is 0 Å². The lowest BCUT2D eigenvalue weighted by Gasteiger charge is -2.02. The molecule has 7 heteroatoms. The number of carbonyl (C=O) groups is 2. The summed E-state index contributed by atoms with van der Waals surface area (Å²) >= 11 is 0. The molecule has 0 spiro atoms. The zero-order valence-corrected chi connectivity index (χ0v) is 12.7. The molecule has 0 radical (unpaired) electrons. The zero-order valence-electron chi connectivity index (χ0n) is 11.3. The summed E-state index contributed by atoms with van der Waals surface area (Å²) in [5.41, 5.74) is 0. The van der Waals surface area contributed by atoms with Crippen LogP contribution in [-0.2, 0) is 28.2 Å². The molecule has 106 valence electrons. The van der Waals surface area contributed by atoms with E-state index in [0.717, 1.165) is 13.0 Å². The van der Waals surface area contributed by atoms with Gasteiger partial charge in [-0.25, -0.2) is 0 Å². The Balaban J connectivity index is 0.000000411. The van der Waals surface area contributed by atoms with Crippen molar-refractivity contribution in [2.24, 2.45) is 0 Å². The molecule has 1 fully saturated rings. The van der Waals surface area contributed by atoms with E-state index in [1.165, 1.54) is 13.8 Å². The van der Waals surface area contributed by atoms with Crippen molar-refractivity contribution in [2.45, 2.75) is 32.9 Å². The van der Waals surface area contributed by atoms with Gasteiger partial charge in [-0.3, -0.25) is 9.59 Å². The average Bonchev–Trinajstić information content (AvgIpc) is 3.07. The number of hydrogen-bond acceptors (Lipinski definition) is 6. The fourth-order valence-electron chi connectivity index (χ4n) is 0.959. The first-order chi connectivity index (χ1) is 8.56. The van der Waals surface area contributed by atoms with Crippen molar-refractivity contribution in [3.8, 4) is 0 Å². The summed E-state index contributed by atoms with van der Waals surface area (Å²) in [7, 11) is -0.483. The molecule has 0 aromatic carbocycles. The van der Waals surface area contributed by atoms with Crippen LogP contribution in [0.5, 0.6) is 0 Å². The quantitative estimate of drug-likeness (QED) is 0.283. The summed E-state index contributed by atoms with van der Waals surface area (Å²) < 4.78 is 19.4. The Kier molecular flexibility index (Phi) is 10.6. The minimum absolute atomic E-state index is 0.149. The van der Waals surface area contributed by atoms with Crippen LogP contribution in [0, 0.1) is 0 Å². The van der Waals surface area contributed by atoms with Crippen LogP contribution in [0.1, 0.15) is 20.3 Å². The van der Waals surface area contributed by atoms with Gasteiger partial charge in [0.2, 0.25) is 9.76 Å². The molecule has 0 bridgehead atoms. The number of hydrogen-bond donors (Lipinski definition) is 0. The van der Waals surface area contributed by atoms with E-state index in [9.17, 15) is 9.59 Å². The summed E-state index contributed by atoms with van der Waals surface area (Å²) in [4.78, 5) is 20.2. The second-order valence-corrected chi connectivity index (χ2v) is 4.51. The first kappa shape index (κ1) is 17.1. The fraction of sp³-hybridized carbons (Fsp3) is 0.818. The molecular weight excluding hydrogens is 256 g/mol. The molecule has 0 amide bonds. The smallest absolute Gasteiger partial charge is 0.302 e. The van der Waals surface area contributed by atoms with Crippen LogP contribution in [0.3, 0.4) is 0 Å². The molecule has 1 aliphatic rings. The van der Waals surface area contributed by atoms with E-state index in [-0.39, 0.29) is 11.9 Å². The molecule has 0 aliphatic carbocycles. The zero-order chi connectivity index (χ0) is 13.8. The topological polar surface area (TPSA) is 74.4 Å². The second kappa shape index (κ2) is 11.2. The first-order valence-corrected chi connectivity index (χ1v) is 8.01. The largest absolute Gasteiger partial charge is 0.525 e. The van der Waals surface area contributed by atoms with Crippen LogP contribution in [0.15, 0.2) is 0 Å². The predicted octanol–water partition coefficient (Wildman–Crippen LogP) is 0.0364. The molecule has 1 aliphatic heterocycles. The number of ether oxygens (including phenoxy) is 3. The van der Waals surface area contributed by atoms with E-state index in [0.29, 0.717) is 25.9 Å². The number of epoxide rings is 1. The summed E-state index contributed by atoms with van der Waals surface area (Å²) in [5.74, 6) is -0.385. The van der Waals surface area contributed by atoms with Crippen LogP contribution in [-0.4, -0.2) is 54.2 Å². The van der Waals surface area contributed by atoms with Gasteiger partial charge in [0, 0.05) is 26.9 Å². The second-order valence-electron chi connectivity index (χ2n) is 3.65. The van der Waals surface area contributed by atoms with Crippen molar-refractivity contribution >= 4 is 21.7 Å². The van der Waals surface area contributed by atoms with Gasteiger partial charge >= 0.3 is 5.97 Å². The maximum Gasteiger partial charge on any atom is 0.302 e. The van der Waals surface area contributed by atoms with E-state index in [1.54, 1.807) is 0 Å². The van der Waals surface area contributed by atoms with Gasteiger partial charge in [-0.15, -0.1) is 0 Å². The van der Waals surface area contributed by atoms with Crippen LogP contribution in [0.2, 0.25) is 6.55 Å². The van der Waals surface area contributed by atoms with Gasteiger partial charge in [0.1, 0.15) is 6.10 Å². The molecule has 1 saturated heterocycles. The number of esters is 1. The van der Waals surface area contributed by atoms with Crippen molar-refractivity contribution < 1.29 is 28.2 Å². The van der Waals surface area contributed by atoms with Gasteiger partial charge in [0.05, 0.1) is 19.8 Å². The van der Waals surface area contributed by atoms with Crippen LogP contribution < -0.4 is 0 Å². The van der Waals surface area contributed by atoms with E-state index in [4.69, 9.17) is 14.2 Å². The summed E-state index contributed by atoms with van der Waals surface area (Å²) in [6, 6.07) is 0. The summed E-state index contributed by atoms with van der Waals surface area (Å²) in [6.07, 6.45) is 1.07. The molecule has 0 aromatic heterocycles. The third-order valence-corrected chi connectivity index (χ3v) is 2.49. The lowest BCUT2D eigenvalue weighted by molar-refractivity contribution is -0.141. The highest BCUT2D eigenvalue weighted by molar-refractivity contribution is 6.28. The van der Waals surface area contributed by atoms with Gasteiger partial charge < -0.3 is 18.6 Å². The summed E-state index contributed by atoms with van der Waals surface area (Å²) in [6.45, 7) is 7.31. The highest BCUT2D eigenvalue weighted by Crippen LogP contribution is 2.08. The predicted molar refractivity (Wildman–Crippen MR) is 68.0 cm³/mol.